The van der Waals surface area contributed by atoms with Gasteiger partial charge in [0.15, 0.2) is 0 Å². The van der Waals surface area contributed by atoms with Crippen LogP contribution < -0.4 is 10.8 Å². The van der Waals surface area contributed by atoms with E-state index in [2.05, 4.69) is 10.8 Å². The van der Waals surface area contributed by atoms with Crippen molar-refractivity contribution >= 4 is 11.8 Å². The second-order valence-corrected chi connectivity index (χ2v) is 8.64. The largest absolute Gasteiger partial charge is 0.351 e. The maximum absolute atomic E-state index is 13.8. The van der Waals surface area contributed by atoms with E-state index in [1.807, 2.05) is 121 Å². The van der Waals surface area contributed by atoms with Gasteiger partial charge in [0.2, 0.25) is 5.60 Å². The van der Waals surface area contributed by atoms with Crippen molar-refractivity contribution < 1.29 is 19.2 Å². The van der Waals surface area contributed by atoms with Crippen LogP contribution in [0.15, 0.2) is 121 Å². The Kier molecular flexibility index (Phi) is 9.18. The van der Waals surface area contributed by atoms with E-state index in [0.717, 1.165) is 22.3 Å². The lowest BCUT2D eigenvalue weighted by Crippen LogP contribution is -2.60. The molecular formula is C31H30N2O4. The highest BCUT2D eigenvalue weighted by Gasteiger charge is 2.48. The van der Waals surface area contributed by atoms with Gasteiger partial charge >= 0.3 is 0 Å². The van der Waals surface area contributed by atoms with Crippen molar-refractivity contribution in [2.24, 2.45) is 0 Å². The topological polar surface area (TPSA) is 76.7 Å². The number of hydrogen-bond donors (Lipinski definition) is 2. The average molecular weight is 495 g/mol. The summed E-state index contributed by atoms with van der Waals surface area (Å²) in [6.07, 6.45) is 0.0296. The van der Waals surface area contributed by atoms with Crippen LogP contribution in [0.2, 0.25) is 0 Å². The molecule has 6 nitrogen and oxygen atoms in total. The number of rotatable bonds is 12. The molecule has 4 aromatic rings. The highest BCUT2D eigenvalue weighted by atomic mass is 16.7. The third-order valence-electron chi connectivity index (χ3n) is 5.90. The summed E-state index contributed by atoms with van der Waals surface area (Å²) in [4.78, 5) is 33.0. The number of carbonyl (C=O) groups excluding carboxylic acids is 2. The molecule has 0 saturated carbocycles. The highest BCUT2D eigenvalue weighted by Crippen LogP contribution is 2.23. The Morgan fingerprint density at radius 3 is 1.57 bits per heavy atom. The summed E-state index contributed by atoms with van der Waals surface area (Å²) in [5.41, 5.74) is 4.03. The van der Waals surface area contributed by atoms with Crippen molar-refractivity contribution in [2.45, 2.75) is 31.8 Å². The molecule has 1 atom stereocenters. The minimum atomic E-state index is -1.87. The summed E-state index contributed by atoms with van der Waals surface area (Å²) in [5, 5.41) is 2.91. The van der Waals surface area contributed by atoms with Crippen LogP contribution in [0.3, 0.4) is 0 Å². The number of ether oxygens (including phenoxy) is 1. The highest BCUT2D eigenvalue weighted by molar-refractivity contribution is 6.08. The molecule has 4 aromatic carbocycles. The molecule has 4 rings (SSSR count). The smallest absolute Gasteiger partial charge is 0.285 e. The van der Waals surface area contributed by atoms with Crippen LogP contribution in [-0.2, 0) is 45.3 Å². The van der Waals surface area contributed by atoms with E-state index in [1.165, 1.54) is 0 Å². The van der Waals surface area contributed by atoms with Crippen molar-refractivity contribution in [1.29, 1.82) is 0 Å². The predicted molar refractivity (Wildman–Crippen MR) is 142 cm³/mol. The van der Waals surface area contributed by atoms with Gasteiger partial charge in [0.05, 0.1) is 13.2 Å². The summed E-state index contributed by atoms with van der Waals surface area (Å²) < 4.78 is 6.23. The van der Waals surface area contributed by atoms with E-state index < -0.39 is 17.4 Å². The van der Waals surface area contributed by atoms with Crippen LogP contribution in [0.4, 0.5) is 0 Å². The Morgan fingerprint density at radius 1 is 0.568 bits per heavy atom. The standard InChI is InChI=1S/C31H30N2O4/c34-29(32-22-26-15-7-2-8-16-26)31(21-25-13-5-1-6-14-25,36-23-27-17-9-3-10-18-27)30(35)33-37-24-28-19-11-4-12-20-28/h1-20H,21-24H2,(H,32,34)(H,33,35). The molecule has 2 amide bonds. The second-order valence-electron chi connectivity index (χ2n) is 8.64. The third kappa shape index (κ3) is 7.36. The van der Waals surface area contributed by atoms with Crippen LogP contribution in [0.5, 0.6) is 0 Å². The number of hydroxylamine groups is 1. The zero-order valence-corrected chi connectivity index (χ0v) is 20.5. The van der Waals surface area contributed by atoms with Gasteiger partial charge in [0, 0.05) is 13.0 Å². The fraction of sp³-hybridized carbons (Fsp3) is 0.161. The Morgan fingerprint density at radius 2 is 1.03 bits per heavy atom. The van der Waals surface area contributed by atoms with Gasteiger partial charge in [0.25, 0.3) is 11.8 Å². The van der Waals surface area contributed by atoms with Gasteiger partial charge in [-0.2, -0.15) is 0 Å². The van der Waals surface area contributed by atoms with E-state index >= 15 is 0 Å². The number of nitrogens with one attached hydrogen (secondary N) is 2. The van der Waals surface area contributed by atoms with Crippen LogP contribution in [-0.4, -0.2) is 17.4 Å². The number of carbonyl (C=O) groups is 2. The molecule has 0 aliphatic rings. The maximum Gasteiger partial charge on any atom is 0.285 e. The summed E-state index contributed by atoms with van der Waals surface area (Å²) in [6, 6.07) is 37.8. The summed E-state index contributed by atoms with van der Waals surface area (Å²) >= 11 is 0. The molecule has 37 heavy (non-hydrogen) atoms. The van der Waals surface area contributed by atoms with Gasteiger partial charge in [-0.25, -0.2) is 5.48 Å². The molecule has 0 aliphatic heterocycles. The molecule has 0 aromatic heterocycles. The average Bonchev–Trinajstić information content (AvgIpc) is 2.96. The quantitative estimate of drug-likeness (QED) is 0.220. The lowest BCUT2D eigenvalue weighted by Gasteiger charge is -2.31. The Balaban J connectivity index is 1.60. The van der Waals surface area contributed by atoms with E-state index in [9.17, 15) is 9.59 Å². The minimum absolute atomic E-state index is 0.0296. The van der Waals surface area contributed by atoms with Gasteiger partial charge in [-0.3, -0.25) is 14.4 Å². The second kappa shape index (κ2) is 13.2. The maximum atomic E-state index is 13.8. The molecule has 6 heteroatoms. The van der Waals surface area contributed by atoms with Gasteiger partial charge in [0.1, 0.15) is 0 Å². The molecule has 1 unspecified atom stereocenters. The molecule has 0 bridgehead atoms. The van der Waals surface area contributed by atoms with Gasteiger partial charge in [-0.1, -0.05) is 121 Å². The third-order valence-corrected chi connectivity index (χ3v) is 5.90. The minimum Gasteiger partial charge on any atom is -0.351 e. The summed E-state index contributed by atoms with van der Waals surface area (Å²) in [5.74, 6) is -1.22. The van der Waals surface area contributed by atoms with Crippen molar-refractivity contribution in [2.75, 3.05) is 0 Å². The molecule has 0 aliphatic carbocycles. The van der Waals surface area contributed by atoms with E-state index in [1.54, 1.807) is 0 Å². The predicted octanol–water partition coefficient (Wildman–Crippen LogP) is 4.75. The van der Waals surface area contributed by atoms with Gasteiger partial charge in [-0.15, -0.1) is 0 Å². The van der Waals surface area contributed by atoms with Crippen molar-refractivity contribution in [3.63, 3.8) is 0 Å². The first-order valence-electron chi connectivity index (χ1n) is 12.2. The van der Waals surface area contributed by atoms with Crippen LogP contribution in [0.1, 0.15) is 22.3 Å². The van der Waals surface area contributed by atoms with E-state index in [-0.39, 0.29) is 26.2 Å². The molecule has 0 radical (unpaired) electrons. The first-order chi connectivity index (χ1) is 18.2. The Labute approximate surface area is 217 Å². The normalized spacial score (nSPS) is 12.3. The van der Waals surface area contributed by atoms with Crippen molar-refractivity contribution in [1.82, 2.24) is 10.8 Å². The van der Waals surface area contributed by atoms with Crippen molar-refractivity contribution in [3.05, 3.63) is 144 Å². The number of benzene rings is 4. The molecule has 0 spiro atoms. The van der Waals surface area contributed by atoms with Crippen LogP contribution in [0.25, 0.3) is 0 Å². The SMILES string of the molecule is O=C(NCc1ccccc1)C(Cc1ccccc1)(OCc1ccccc1)C(=O)NOCc1ccccc1. The summed E-state index contributed by atoms with van der Waals surface area (Å²) in [6.45, 7) is 0.472. The molecule has 2 N–H and O–H groups in total. The lowest BCUT2D eigenvalue weighted by atomic mass is 9.92. The molecular weight excluding hydrogens is 464 g/mol. The monoisotopic (exact) mass is 494 g/mol. The Bertz CT molecular complexity index is 1250. The van der Waals surface area contributed by atoms with Gasteiger partial charge in [-0.05, 0) is 22.3 Å². The fourth-order valence-corrected chi connectivity index (χ4v) is 3.87. The zero-order valence-electron chi connectivity index (χ0n) is 20.5. The van der Waals surface area contributed by atoms with Gasteiger partial charge < -0.3 is 10.1 Å². The zero-order chi connectivity index (χ0) is 25.8. The van der Waals surface area contributed by atoms with E-state index in [4.69, 9.17) is 9.57 Å². The molecule has 0 fully saturated rings. The van der Waals surface area contributed by atoms with E-state index in [0.29, 0.717) is 0 Å². The van der Waals surface area contributed by atoms with Crippen LogP contribution >= 0.6 is 0 Å². The number of hydrogen-bond acceptors (Lipinski definition) is 4. The summed E-state index contributed by atoms with van der Waals surface area (Å²) in [7, 11) is 0. The first-order valence-corrected chi connectivity index (χ1v) is 12.2. The number of amides is 2. The molecule has 0 saturated heterocycles. The Hall–Kier alpha value is -4.26. The molecule has 0 heterocycles. The fourth-order valence-electron chi connectivity index (χ4n) is 3.87. The lowest BCUT2D eigenvalue weighted by molar-refractivity contribution is -0.172. The first kappa shape index (κ1) is 25.8. The van der Waals surface area contributed by atoms with Crippen LogP contribution in [0, 0.1) is 0 Å². The van der Waals surface area contributed by atoms with Crippen molar-refractivity contribution in [3.8, 4) is 0 Å². The molecule has 188 valence electrons.